The van der Waals surface area contributed by atoms with Gasteiger partial charge in [0, 0.05) is 51.3 Å². The van der Waals surface area contributed by atoms with Gasteiger partial charge in [-0.05, 0) is 18.9 Å². The maximum atomic E-state index is 12.4. The van der Waals surface area contributed by atoms with Crippen LogP contribution in [0.1, 0.15) is 38.2 Å². The van der Waals surface area contributed by atoms with Gasteiger partial charge in [0.2, 0.25) is 11.8 Å². The molecular formula is C16H28ClN5O2. The van der Waals surface area contributed by atoms with Crippen LogP contribution in [0.4, 0.5) is 0 Å². The van der Waals surface area contributed by atoms with E-state index in [0.29, 0.717) is 19.5 Å². The highest BCUT2D eigenvalue weighted by molar-refractivity contribution is 5.85. The number of rotatable bonds is 7. The minimum absolute atomic E-state index is 0. The minimum Gasteiger partial charge on any atom is -0.355 e. The Bertz CT molecular complexity index is 548. The molecule has 0 saturated carbocycles. The van der Waals surface area contributed by atoms with Crippen LogP contribution in [0, 0.1) is 5.92 Å². The summed E-state index contributed by atoms with van der Waals surface area (Å²) in [5.74, 6) is 0.00247. The molecule has 0 spiro atoms. The van der Waals surface area contributed by atoms with Crippen LogP contribution in [0.3, 0.4) is 0 Å². The number of carbonyl (C=O) groups is 2. The lowest BCUT2D eigenvalue weighted by molar-refractivity contribution is -0.125. The molecule has 2 rings (SSSR count). The van der Waals surface area contributed by atoms with Gasteiger partial charge < -0.3 is 16.0 Å². The van der Waals surface area contributed by atoms with Gasteiger partial charge in [-0.25, -0.2) is 0 Å². The molecule has 1 fully saturated rings. The summed E-state index contributed by atoms with van der Waals surface area (Å²) in [6, 6.07) is 0.173. The Labute approximate surface area is 149 Å². The zero-order valence-corrected chi connectivity index (χ0v) is 15.4. The van der Waals surface area contributed by atoms with Gasteiger partial charge in [-0.15, -0.1) is 12.4 Å². The zero-order chi connectivity index (χ0) is 16.8. The van der Waals surface area contributed by atoms with Crippen molar-refractivity contribution in [1.82, 2.24) is 25.7 Å². The van der Waals surface area contributed by atoms with Crippen LogP contribution >= 0.6 is 12.4 Å². The van der Waals surface area contributed by atoms with Crippen LogP contribution in [0.25, 0.3) is 0 Å². The van der Waals surface area contributed by atoms with Crippen LogP contribution in [0.15, 0.2) is 12.4 Å². The van der Waals surface area contributed by atoms with E-state index in [4.69, 9.17) is 0 Å². The lowest BCUT2D eigenvalue weighted by Gasteiger charge is -2.17. The van der Waals surface area contributed by atoms with E-state index in [1.807, 2.05) is 33.3 Å². The molecule has 0 radical (unpaired) electrons. The Morgan fingerprint density at radius 3 is 2.83 bits per heavy atom. The van der Waals surface area contributed by atoms with Gasteiger partial charge in [-0.1, -0.05) is 6.92 Å². The lowest BCUT2D eigenvalue weighted by Crippen LogP contribution is -2.38. The van der Waals surface area contributed by atoms with E-state index in [1.54, 1.807) is 4.68 Å². The molecule has 8 heteroatoms. The van der Waals surface area contributed by atoms with Gasteiger partial charge >= 0.3 is 0 Å². The van der Waals surface area contributed by atoms with Gasteiger partial charge in [-0.3, -0.25) is 14.3 Å². The zero-order valence-electron chi connectivity index (χ0n) is 14.5. The number of hydrogen-bond acceptors (Lipinski definition) is 4. The molecule has 136 valence electrons. The fraction of sp³-hybridized carbons (Fsp3) is 0.688. The molecule has 1 aromatic heterocycles. The van der Waals surface area contributed by atoms with E-state index < -0.39 is 0 Å². The molecule has 0 aliphatic carbocycles. The van der Waals surface area contributed by atoms with Gasteiger partial charge in [0.05, 0.1) is 12.1 Å². The molecule has 1 saturated heterocycles. The minimum atomic E-state index is -0.114. The van der Waals surface area contributed by atoms with Crippen molar-refractivity contribution in [3.8, 4) is 0 Å². The third-order valence-electron chi connectivity index (χ3n) is 4.38. The van der Waals surface area contributed by atoms with E-state index in [-0.39, 0.29) is 42.1 Å². The lowest BCUT2D eigenvalue weighted by atomic mass is 9.90. The number of aromatic nitrogens is 2. The highest BCUT2D eigenvalue weighted by Gasteiger charge is 2.34. The average Bonchev–Trinajstić information content (AvgIpc) is 3.15. The molecule has 3 N–H and O–H groups in total. The summed E-state index contributed by atoms with van der Waals surface area (Å²) >= 11 is 0. The predicted molar refractivity (Wildman–Crippen MR) is 95.1 cm³/mol. The topological polar surface area (TPSA) is 88.1 Å². The number of nitrogens with one attached hydrogen (secondary N) is 3. The molecule has 2 amide bonds. The summed E-state index contributed by atoms with van der Waals surface area (Å²) in [6.45, 7) is 5.80. The molecule has 0 bridgehead atoms. The summed E-state index contributed by atoms with van der Waals surface area (Å²) in [7, 11) is 1.87. The Morgan fingerprint density at radius 1 is 1.46 bits per heavy atom. The molecular weight excluding hydrogens is 330 g/mol. The third kappa shape index (κ3) is 5.49. The molecule has 1 unspecified atom stereocenters. The second-order valence-corrected chi connectivity index (χ2v) is 6.24. The van der Waals surface area contributed by atoms with E-state index in [0.717, 1.165) is 18.5 Å². The number of hydrogen-bond donors (Lipinski definition) is 3. The summed E-state index contributed by atoms with van der Waals surface area (Å²) in [5.41, 5.74) is 1.08. The van der Waals surface area contributed by atoms with Crippen molar-refractivity contribution in [2.24, 2.45) is 13.0 Å². The maximum absolute atomic E-state index is 12.4. The van der Waals surface area contributed by atoms with Crippen molar-refractivity contribution in [3.63, 3.8) is 0 Å². The molecule has 1 aliphatic heterocycles. The first-order chi connectivity index (χ1) is 11.0. The van der Waals surface area contributed by atoms with E-state index in [9.17, 15) is 9.59 Å². The molecule has 1 aromatic rings. The third-order valence-corrected chi connectivity index (χ3v) is 4.38. The van der Waals surface area contributed by atoms with Gasteiger partial charge in [-0.2, -0.15) is 5.10 Å². The van der Waals surface area contributed by atoms with Crippen LogP contribution in [-0.2, 0) is 16.6 Å². The first-order valence-corrected chi connectivity index (χ1v) is 8.27. The van der Waals surface area contributed by atoms with Crippen molar-refractivity contribution in [2.45, 2.75) is 38.6 Å². The fourth-order valence-corrected chi connectivity index (χ4v) is 2.82. The normalized spacial score (nSPS) is 21.0. The quantitative estimate of drug-likeness (QED) is 0.665. The first kappa shape index (κ1) is 20.4. The molecule has 2 heterocycles. The van der Waals surface area contributed by atoms with Crippen LogP contribution in [-0.4, -0.2) is 47.3 Å². The van der Waals surface area contributed by atoms with Gasteiger partial charge in [0.25, 0.3) is 0 Å². The maximum Gasteiger partial charge on any atom is 0.225 e. The number of nitrogens with zero attached hydrogens (tertiary/aromatic N) is 2. The monoisotopic (exact) mass is 357 g/mol. The predicted octanol–water partition coefficient (Wildman–Crippen LogP) is 0.566. The molecule has 7 nitrogen and oxygen atoms in total. The Morgan fingerprint density at radius 2 is 2.21 bits per heavy atom. The fourth-order valence-electron chi connectivity index (χ4n) is 2.82. The van der Waals surface area contributed by atoms with Crippen LogP contribution in [0.2, 0.25) is 0 Å². The summed E-state index contributed by atoms with van der Waals surface area (Å²) < 4.78 is 1.75. The SMILES string of the molecule is CCC(C)NC(=O)CCNC(=O)[C@H]1CNC[C@@H]1c1cnn(C)c1.Cl. The standard InChI is InChI=1S/C16H27N5O2.ClH/c1-4-11(2)20-15(22)5-6-18-16(23)14-9-17-8-13(14)12-7-19-21(3)10-12;/h7,10-11,13-14,17H,4-6,8-9H2,1-3H3,(H,18,23)(H,20,22);1H/t11?,13-,14+;/m1./s1. The van der Waals surface area contributed by atoms with Gasteiger partial charge in [0.15, 0.2) is 0 Å². The highest BCUT2D eigenvalue weighted by Crippen LogP contribution is 2.27. The Hall–Kier alpha value is -1.60. The van der Waals surface area contributed by atoms with Crippen molar-refractivity contribution in [2.75, 3.05) is 19.6 Å². The number of halogens is 1. The van der Waals surface area contributed by atoms with Gasteiger partial charge in [0.1, 0.15) is 0 Å². The number of amides is 2. The largest absolute Gasteiger partial charge is 0.355 e. The second kappa shape index (κ2) is 9.64. The number of carbonyl (C=O) groups excluding carboxylic acids is 2. The van der Waals surface area contributed by atoms with Crippen molar-refractivity contribution >= 4 is 24.2 Å². The summed E-state index contributed by atoms with van der Waals surface area (Å²) in [5, 5.41) is 13.2. The van der Waals surface area contributed by atoms with Crippen molar-refractivity contribution < 1.29 is 9.59 Å². The number of aryl methyl sites for hydroxylation is 1. The Balaban J connectivity index is 0.00000288. The second-order valence-electron chi connectivity index (χ2n) is 6.24. The molecule has 0 aromatic carbocycles. The molecule has 3 atom stereocenters. The van der Waals surface area contributed by atoms with E-state index in [1.165, 1.54) is 0 Å². The summed E-state index contributed by atoms with van der Waals surface area (Å²) in [4.78, 5) is 24.1. The van der Waals surface area contributed by atoms with E-state index in [2.05, 4.69) is 21.0 Å². The van der Waals surface area contributed by atoms with Crippen molar-refractivity contribution in [1.29, 1.82) is 0 Å². The first-order valence-electron chi connectivity index (χ1n) is 8.27. The smallest absolute Gasteiger partial charge is 0.225 e. The van der Waals surface area contributed by atoms with Crippen LogP contribution < -0.4 is 16.0 Å². The summed E-state index contributed by atoms with van der Waals surface area (Å²) in [6.07, 6.45) is 4.99. The van der Waals surface area contributed by atoms with E-state index >= 15 is 0 Å². The molecule has 1 aliphatic rings. The average molecular weight is 358 g/mol. The van der Waals surface area contributed by atoms with Crippen LogP contribution in [0.5, 0.6) is 0 Å². The molecule has 24 heavy (non-hydrogen) atoms. The highest BCUT2D eigenvalue weighted by atomic mass is 35.5. The Kier molecular flexibility index (Phi) is 8.21. The van der Waals surface area contributed by atoms with Crippen molar-refractivity contribution in [3.05, 3.63) is 18.0 Å².